The molecule has 2 heterocycles. The minimum absolute atomic E-state index is 0.149. The van der Waals surface area contributed by atoms with Gasteiger partial charge >= 0.3 is 6.03 Å². The van der Waals surface area contributed by atoms with E-state index in [1.54, 1.807) is 24.3 Å². The maximum Gasteiger partial charge on any atom is 0.312 e. The lowest BCUT2D eigenvalue weighted by Crippen LogP contribution is -2.30. The minimum atomic E-state index is -0.572. The Labute approximate surface area is 159 Å². The fourth-order valence-corrected chi connectivity index (χ4v) is 3.08. The van der Waals surface area contributed by atoms with Crippen molar-refractivity contribution in [3.63, 3.8) is 0 Å². The Morgan fingerprint density at radius 2 is 1.59 bits per heavy atom. The predicted octanol–water partition coefficient (Wildman–Crippen LogP) is 2.17. The summed E-state index contributed by atoms with van der Waals surface area (Å²) in [5.41, 5.74) is 7.45. The number of urea groups is 1. The molecule has 3 rings (SSSR count). The number of rotatable bonds is 6. The first-order valence-corrected chi connectivity index (χ1v) is 9.22. The number of piperidine rings is 1. The molecular weight excluding hydrogens is 342 g/mol. The van der Waals surface area contributed by atoms with Crippen molar-refractivity contribution >= 4 is 17.8 Å². The van der Waals surface area contributed by atoms with Gasteiger partial charge in [0.2, 0.25) is 0 Å². The molecule has 1 fully saturated rings. The molecule has 0 aliphatic carbocycles. The van der Waals surface area contributed by atoms with E-state index in [4.69, 9.17) is 5.73 Å². The molecule has 0 unspecified atom stereocenters. The maximum atomic E-state index is 12.3. The van der Waals surface area contributed by atoms with Gasteiger partial charge in [-0.3, -0.25) is 4.79 Å². The van der Waals surface area contributed by atoms with E-state index in [-0.39, 0.29) is 5.91 Å². The third-order valence-corrected chi connectivity index (χ3v) is 4.63. The molecule has 0 bridgehead atoms. The van der Waals surface area contributed by atoms with Crippen LogP contribution in [0.4, 0.5) is 10.6 Å². The first kappa shape index (κ1) is 18.7. The summed E-state index contributed by atoms with van der Waals surface area (Å²) in [5.74, 6) is 0.856. The average molecular weight is 367 g/mol. The Hall–Kier alpha value is -3.09. The molecule has 1 aliphatic heterocycles. The van der Waals surface area contributed by atoms with E-state index in [9.17, 15) is 9.59 Å². The van der Waals surface area contributed by atoms with Crippen molar-refractivity contribution < 1.29 is 9.59 Å². The SMILES string of the molecule is NC(=O)NCc1ccc(C(=O)NCc2ccc(N3CCCCC3)nc2)cc1. The number of benzene rings is 1. The van der Waals surface area contributed by atoms with Gasteiger partial charge in [0.05, 0.1) is 0 Å². The normalized spacial score (nSPS) is 13.9. The summed E-state index contributed by atoms with van der Waals surface area (Å²) >= 11 is 0. The summed E-state index contributed by atoms with van der Waals surface area (Å²) in [6.07, 6.45) is 5.56. The van der Waals surface area contributed by atoms with E-state index in [1.165, 1.54) is 19.3 Å². The van der Waals surface area contributed by atoms with E-state index in [0.29, 0.717) is 18.7 Å². The molecule has 1 aromatic carbocycles. The Morgan fingerprint density at radius 3 is 2.22 bits per heavy atom. The maximum absolute atomic E-state index is 12.3. The Bertz CT molecular complexity index is 768. The third kappa shape index (κ3) is 5.44. The summed E-state index contributed by atoms with van der Waals surface area (Å²) in [5, 5.41) is 5.41. The zero-order chi connectivity index (χ0) is 19.1. The Morgan fingerprint density at radius 1 is 0.926 bits per heavy atom. The second kappa shape index (κ2) is 9.02. The van der Waals surface area contributed by atoms with Crippen molar-refractivity contribution in [1.82, 2.24) is 15.6 Å². The van der Waals surface area contributed by atoms with E-state index < -0.39 is 6.03 Å². The molecule has 1 aliphatic rings. The lowest BCUT2D eigenvalue weighted by atomic mass is 10.1. The summed E-state index contributed by atoms with van der Waals surface area (Å²) in [6, 6.07) is 10.5. The standard InChI is InChI=1S/C20H25N5O2/c21-20(27)24-12-15-4-7-17(8-5-15)19(26)23-14-16-6-9-18(22-13-16)25-10-2-1-3-11-25/h4-9,13H,1-3,10-12,14H2,(H,23,26)(H3,21,24,27). The van der Waals surface area contributed by atoms with E-state index in [2.05, 4.69) is 20.5 Å². The van der Waals surface area contributed by atoms with Crippen LogP contribution >= 0.6 is 0 Å². The molecule has 7 nitrogen and oxygen atoms in total. The van der Waals surface area contributed by atoms with Crippen LogP contribution in [0.15, 0.2) is 42.6 Å². The van der Waals surface area contributed by atoms with Crippen LogP contribution in [-0.4, -0.2) is 30.0 Å². The van der Waals surface area contributed by atoms with Crippen LogP contribution in [0.25, 0.3) is 0 Å². The first-order chi connectivity index (χ1) is 13.1. The van der Waals surface area contributed by atoms with Crippen LogP contribution in [0, 0.1) is 0 Å². The predicted molar refractivity (Wildman–Crippen MR) is 104 cm³/mol. The molecule has 0 saturated carbocycles. The molecule has 1 aromatic heterocycles. The van der Waals surface area contributed by atoms with Crippen LogP contribution in [0.5, 0.6) is 0 Å². The van der Waals surface area contributed by atoms with Gasteiger partial charge < -0.3 is 21.3 Å². The number of pyridine rings is 1. The molecular formula is C20H25N5O2. The summed E-state index contributed by atoms with van der Waals surface area (Å²) < 4.78 is 0. The van der Waals surface area contributed by atoms with E-state index in [0.717, 1.165) is 30.0 Å². The zero-order valence-electron chi connectivity index (χ0n) is 15.3. The number of carbonyl (C=O) groups excluding carboxylic acids is 2. The van der Waals surface area contributed by atoms with Crippen LogP contribution in [0.3, 0.4) is 0 Å². The van der Waals surface area contributed by atoms with Gasteiger partial charge in [-0.15, -0.1) is 0 Å². The first-order valence-electron chi connectivity index (χ1n) is 9.22. The van der Waals surface area contributed by atoms with Gasteiger partial charge in [0, 0.05) is 37.9 Å². The molecule has 0 atom stereocenters. The lowest BCUT2D eigenvalue weighted by molar-refractivity contribution is 0.0951. The molecule has 1 saturated heterocycles. The van der Waals surface area contributed by atoms with Gasteiger partial charge in [-0.05, 0) is 48.6 Å². The fraction of sp³-hybridized carbons (Fsp3) is 0.350. The largest absolute Gasteiger partial charge is 0.357 e. The quantitative estimate of drug-likeness (QED) is 0.728. The third-order valence-electron chi connectivity index (χ3n) is 4.63. The smallest absolute Gasteiger partial charge is 0.312 e. The van der Waals surface area contributed by atoms with E-state index in [1.807, 2.05) is 18.3 Å². The number of carbonyl (C=O) groups is 2. The van der Waals surface area contributed by atoms with Crippen LogP contribution < -0.4 is 21.3 Å². The molecule has 2 aromatic rings. The molecule has 0 radical (unpaired) electrons. The van der Waals surface area contributed by atoms with Crippen molar-refractivity contribution in [2.45, 2.75) is 32.4 Å². The monoisotopic (exact) mass is 367 g/mol. The summed E-state index contributed by atoms with van der Waals surface area (Å²) in [4.78, 5) is 29.8. The number of hydrogen-bond acceptors (Lipinski definition) is 4. The van der Waals surface area contributed by atoms with Gasteiger partial charge in [0.15, 0.2) is 0 Å². The van der Waals surface area contributed by atoms with Gasteiger partial charge in [0.1, 0.15) is 5.82 Å². The number of primary amides is 1. The number of anilines is 1. The Kier molecular flexibility index (Phi) is 6.25. The molecule has 27 heavy (non-hydrogen) atoms. The van der Waals surface area contributed by atoms with Crippen molar-refractivity contribution in [2.24, 2.45) is 5.73 Å². The number of amides is 3. The van der Waals surface area contributed by atoms with Crippen molar-refractivity contribution in [1.29, 1.82) is 0 Å². The number of aromatic nitrogens is 1. The molecule has 142 valence electrons. The van der Waals surface area contributed by atoms with Crippen molar-refractivity contribution in [3.8, 4) is 0 Å². The lowest BCUT2D eigenvalue weighted by Gasteiger charge is -2.27. The second-order valence-corrected chi connectivity index (χ2v) is 6.67. The zero-order valence-corrected chi connectivity index (χ0v) is 15.3. The highest BCUT2D eigenvalue weighted by molar-refractivity contribution is 5.94. The Balaban J connectivity index is 1.50. The number of nitrogens with one attached hydrogen (secondary N) is 2. The van der Waals surface area contributed by atoms with Crippen LogP contribution in [0.2, 0.25) is 0 Å². The van der Waals surface area contributed by atoms with E-state index >= 15 is 0 Å². The minimum Gasteiger partial charge on any atom is -0.357 e. The highest BCUT2D eigenvalue weighted by atomic mass is 16.2. The summed E-state index contributed by atoms with van der Waals surface area (Å²) in [6.45, 7) is 2.89. The van der Waals surface area contributed by atoms with Gasteiger partial charge in [-0.1, -0.05) is 18.2 Å². The molecule has 7 heteroatoms. The van der Waals surface area contributed by atoms with Gasteiger partial charge in [-0.2, -0.15) is 0 Å². The average Bonchev–Trinajstić information content (AvgIpc) is 2.72. The number of nitrogens with zero attached hydrogens (tertiary/aromatic N) is 2. The highest BCUT2D eigenvalue weighted by Crippen LogP contribution is 2.17. The summed E-state index contributed by atoms with van der Waals surface area (Å²) in [7, 11) is 0. The van der Waals surface area contributed by atoms with Crippen LogP contribution in [0.1, 0.15) is 40.7 Å². The van der Waals surface area contributed by atoms with Gasteiger partial charge in [0.25, 0.3) is 5.91 Å². The second-order valence-electron chi connectivity index (χ2n) is 6.67. The number of hydrogen-bond donors (Lipinski definition) is 3. The molecule has 4 N–H and O–H groups in total. The van der Waals surface area contributed by atoms with Crippen molar-refractivity contribution in [2.75, 3.05) is 18.0 Å². The topological polar surface area (TPSA) is 100 Å². The van der Waals surface area contributed by atoms with Crippen molar-refractivity contribution in [3.05, 3.63) is 59.3 Å². The van der Waals surface area contributed by atoms with Gasteiger partial charge in [-0.25, -0.2) is 9.78 Å². The van der Waals surface area contributed by atoms with Crippen LogP contribution in [-0.2, 0) is 13.1 Å². The number of nitrogens with two attached hydrogens (primary N) is 1. The molecule has 3 amide bonds. The highest BCUT2D eigenvalue weighted by Gasteiger charge is 2.12. The molecule has 0 spiro atoms. The fourth-order valence-electron chi connectivity index (χ4n) is 3.08.